The summed E-state index contributed by atoms with van der Waals surface area (Å²) in [6.45, 7) is 0.141. The Balaban J connectivity index is 1.54. The van der Waals surface area contributed by atoms with Gasteiger partial charge in [-0.1, -0.05) is 28.1 Å². The van der Waals surface area contributed by atoms with Gasteiger partial charge >= 0.3 is 0 Å². The van der Waals surface area contributed by atoms with Gasteiger partial charge in [-0.3, -0.25) is 19.3 Å². The van der Waals surface area contributed by atoms with Gasteiger partial charge in [0.1, 0.15) is 5.82 Å². The Kier molecular flexibility index (Phi) is 4.94. The average molecular weight is 405 g/mol. The molecule has 7 heteroatoms. The number of imide groups is 1. The number of hydrogen-bond acceptors (Lipinski definition) is 3. The summed E-state index contributed by atoms with van der Waals surface area (Å²) >= 11 is 3.14. The fourth-order valence-corrected chi connectivity index (χ4v) is 2.98. The molecule has 0 aromatic heterocycles. The molecule has 0 spiro atoms. The Bertz CT molecular complexity index is 834. The van der Waals surface area contributed by atoms with Crippen molar-refractivity contribution in [2.45, 2.75) is 12.8 Å². The third kappa shape index (κ3) is 3.61. The highest BCUT2D eigenvalue weighted by Gasteiger charge is 2.34. The van der Waals surface area contributed by atoms with Crippen molar-refractivity contribution >= 4 is 39.3 Å². The topological polar surface area (TPSA) is 66.5 Å². The third-order valence-electron chi connectivity index (χ3n) is 3.87. The van der Waals surface area contributed by atoms with Gasteiger partial charge in [0, 0.05) is 17.4 Å². The molecule has 0 radical (unpaired) electrons. The van der Waals surface area contributed by atoms with E-state index in [4.69, 9.17) is 0 Å². The van der Waals surface area contributed by atoms with Crippen molar-refractivity contribution in [1.29, 1.82) is 0 Å². The Morgan fingerprint density at radius 3 is 2.32 bits per heavy atom. The van der Waals surface area contributed by atoms with Crippen LogP contribution in [0.3, 0.4) is 0 Å². The number of hydrogen-bond donors (Lipinski definition) is 1. The highest BCUT2D eigenvalue weighted by Crippen LogP contribution is 2.23. The number of anilines is 1. The summed E-state index contributed by atoms with van der Waals surface area (Å²) in [6, 6.07) is 11.0. The molecule has 1 N–H and O–H groups in total. The molecule has 5 nitrogen and oxygen atoms in total. The van der Waals surface area contributed by atoms with E-state index in [1.165, 1.54) is 12.1 Å². The number of amides is 3. The highest BCUT2D eigenvalue weighted by atomic mass is 79.9. The molecule has 0 atom stereocenters. The molecule has 3 rings (SSSR count). The SMILES string of the molecule is O=C(CCCN1C(=O)c2ccccc2C1=O)Nc1ccc(Br)cc1F. The number of benzene rings is 2. The molecule has 2 aromatic carbocycles. The quantitative estimate of drug-likeness (QED) is 0.774. The molecule has 25 heavy (non-hydrogen) atoms. The molecule has 0 saturated heterocycles. The molecule has 128 valence electrons. The minimum atomic E-state index is -0.539. The van der Waals surface area contributed by atoms with Crippen molar-refractivity contribution in [1.82, 2.24) is 4.90 Å². The number of carbonyl (C=O) groups is 3. The zero-order valence-electron chi connectivity index (χ0n) is 13.1. The molecule has 0 bridgehead atoms. The predicted octanol–water partition coefficient (Wildman–Crippen LogP) is 3.60. The number of fused-ring (bicyclic) bond motifs is 1. The maximum atomic E-state index is 13.7. The zero-order valence-corrected chi connectivity index (χ0v) is 14.7. The highest BCUT2D eigenvalue weighted by molar-refractivity contribution is 9.10. The Morgan fingerprint density at radius 1 is 1.08 bits per heavy atom. The van der Waals surface area contributed by atoms with Crippen LogP contribution in [0.25, 0.3) is 0 Å². The summed E-state index contributed by atoms with van der Waals surface area (Å²) in [5.74, 6) is -1.61. The van der Waals surface area contributed by atoms with Gasteiger partial charge in [0.2, 0.25) is 5.91 Å². The van der Waals surface area contributed by atoms with E-state index < -0.39 is 5.82 Å². The van der Waals surface area contributed by atoms with Gasteiger partial charge in [0.25, 0.3) is 11.8 Å². The number of carbonyl (C=O) groups excluding carboxylic acids is 3. The molecular formula is C18H14BrFN2O3. The van der Waals surface area contributed by atoms with Crippen LogP contribution in [0.4, 0.5) is 10.1 Å². The lowest BCUT2D eigenvalue weighted by Crippen LogP contribution is -2.31. The standard InChI is InChI=1S/C18H14BrFN2O3/c19-11-7-8-15(14(20)10-11)21-16(23)6-3-9-22-17(24)12-4-1-2-5-13(12)18(22)25/h1-2,4-5,7-8,10H,3,6,9H2,(H,21,23). The van der Waals surface area contributed by atoms with Crippen molar-refractivity contribution in [3.05, 3.63) is 63.9 Å². The van der Waals surface area contributed by atoms with E-state index in [1.807, 2.05) is 0 Å². The van der Waals surface area contributed by atoms with Crippen LogP contribution in [0.5, 0.6) is 0 Å². The van der Waals surface area contributed by atoms with E-state index in [1.54, 1.807) is 30.3 Å². The lowest BCUT2D eigenvalue weighted by molar-refractivity contribution is -0.116. The first kappa shape index (κ1) is 17.3. The van der Waals surface area contributed by atoms with Crippen molar-refractivity contribution in [2.24, 2.45) is 0 Å². The molecule has 0 saturated carbocycles. The van der Waals surface area contributed by atoms with Gasteiger partial charge in [-0.05, 0) is 36.8 Å². The molecule has 0 aliphatic carbocycles. The fourth-order valence-electron chi connectivity index (χ4n) is 2.64. The first-order valence-corrected chi connectivity index (χ1v) is 8.47. The predicted molar refractivity (Wildman–Crippen MR) is 93.8 cm³/mol. The van der Waals surface area contributed by atoms with E-state index in [9.17, 15) is 18.8 Å². The maximum absolute atomic E-state index is 13.7. The largest absolute Gasteiger partial charge is 0.324 e. The average Bonchev–Trinajstić information content (AvgIpc) is 2.83. The minimum absolute atomic E-state index is 0.0723. The van der Waals surface area contributed by atoms with Gasteiger partial charge in [-0.15, -0.1) is 0 Å². The van der Waals surface area contributed by atoms with Gasteiger partial charge in [-0.2, -0.15) is 0 Å². The van der Waals surface area contributed by atoms with Crippen molar-refractivity contribution in [2.75, 3.05) is 11.9 Å². The number of rotatable bonds is 5. The molecule has 0 unspecified atom stereocenters. The molecule has 3 amide bonds. The van der Waals surface area contributed by atoms with Crippen LogP contribution < -0.4 is 5.32 Å². The molecular weight excluding hydrogens is 391 g/mol. The monoisotopic (exact) mass is 404 g/mol. The summed E-state index contributed by atoms with van der Waals surface area (Å²) in [6.07, 6.45) is 0.373. The summed E-state index contributed by atoms with van der Waals surface area (Å²) in [5, 5.41) is 2.48. The van der Waals surface area contributed by atoms with Crippen molar-refractivity contribution in [3.8, 4) is 0 Å². The second-order valence-corrected chi connectivity index (χ2v) is 6.50. The van der Waals surface area contributed by atoms with E-state index in [0.717, 1.165) is 4.90 Å². The maximum Gasteiger partial charge on any atom is 0.261 e. The molecule has 1 heterocycles. The Hall–Kier alpha value is -2.54. The lowest BCUT2D eigenvalue weighted by Gasteiger charge is -2.13. The number of halogens is 2. The smallest absolute Gasteiger partial charge is 0.261 e. The second kappa shape index (κ2) is 7.14. The first-order chi connectivity index (χ1) is 12.0. The zero-order chi connectivity index (χ0) is 18.0. The van der Waals surface area contributed by atoms with E-state index >= 15 is 0 Å². The molecule has 2 aromatic rings. The van der Waals surface area contributed by atoms with Crippen LogP contribution in [0.15, 0.2) is 46.9 Å². The summed E-state index contributed by atoms with van der Waals surface area (Å²) < 4.78 is 14.3. The van der Waals surface area contributed by atoms with Crippen LogP contribution in [0.2, 0.25) is 0 Å². The van der Waals surface area contributed by atoms with Crippen LogP contribution >= 0.6 is 15.9 Å². The summed E-state index contributed by atoms with van der Waals surface area (Å²) in [5.41, 5.74) is 0.858. The molecule has 0 fully saturated rings. The Morgan fingerprint density at radius 2 is 1.72 bits per heavy atom. The van der Waals surface area contributed by atoms with Crippen molar-refractivity contribution < 1.29 is 18.8 Å². The molecule has 1 aliphatic heterocycles. The summed E-state index contributed by atoms with van der Waals surface area (Å²) in [7, 11) is 0. The molecule has 1 aliphatic rings. The minimum Gasteiger partial charge on any atom is -0.324 e. The van der Waals surface area contributed by atoms with E-state index in [-0.39, 0.29) is 36.4 Å². The fraction of sp³-hybridized carbons (Fsp3) is 0.167. The van der Waals surface area contributed by atoms with Crippen LogP contribution in [-0.4, -0.2) is 29.2 Å². The Labute approximate surface area is 151 Å². The number of nitrogens with one attached hydrogen (secondary N) is 1. The van der Waals surface area contributed by atoms with Crippen LogP contribution in [0, 0.1) is 5.82 Å². The van der Waals surface area contributed by atoms with Crippen LogP contribution in [-0.2, 0) is 4.79 Å². The van der Waals surface area contributed by atoms with Gasteiger partial charge in [-0.25, -0.2) is 4.39 Å². The lowest BCUT2D eigenvalue weighted by atomic mass is 10.1. The van der Waals surface area contributed by atoms with E-state index in [2.05, 4.69) is 21.2 Å². The van der Waals surface area contributed by atoms with Crippen molar-refractivity contribution in [3.63, 3.8) is 0 Å². The van der Waals surface area contributed by atoms with Gasteiger partial charge < -0.3 is 5.32 Å². The second-order valence-electron chi connectivity index (χ2n) is 5.58. The van der Waals surface area contributed by atoms with Crippen LogP contribution in [0.1, 0.15) is 33.6 Å². The van der Waals surface area contributed by atoms with Gasteiger partial charge in [0.05, 0.1) is 16.8 Å². The third-order valence-corrected chi connectivity index (χ3v) is 4.36. The van der Waals surface area contributed by atoms with Gasteiger partial charge in [0.15, 0.2) is 0 Å². The number of nitrogens with zero attached hydrogens (tertiary/aromatic N) is 1. The first-order valence-electron chi connectivity index (χ1n) is 7.67. The summed E-state index contributed by atoms with van der Waals surface area (Å²) in [4.78, 5) is 37.5. The van der Waals surface area contributed by atoms with E-state index in [0.29, 0.717) is 22.0 Å². The normalized spacial score (nSPS) is 13.1.